The van der Waals surface area contributed by atoms with Crippen molar-refractivity contribution in [3.63, 3.8) is 0 Å². The maximum atomic E-state index is 12.4. The summed E-state index contributed by atoms with van der Waals surface area (Å²) in [6.45, 7) is 5.83. The number of hydrogen-bond donors (Lipinski definition) is 1. The van der Waals surface area contributed by atoms with Crippen LogP contribution in [0.15, 0.2) is 0 Å². The average Bonchev–Trinajstić information content (AvgIpc) is 2.65. The Labute approximate surface area is 121 Å². The number of carbonyl (C=O) groups is 1. The molecule has 0 atom stereocenters. The highest BCUT2D eigenvalue weighted by Crippen LogP contribution is 2.19. The Bertz CT molecular complexity index is 459. The molecule has 112 valence electrons. The second-order valence-electron chi connectivity index (χ2n) is 5.58. The molecule has 1 aliphatic heterocycles. The first kappa shape index (κ1) is 14.9. The third-order valence-electron chi connectivity index (χ3n) is 4.09. The summed E-state index contributed by atoms with van der Waals surface area (Å²) in [5.41, 5.74) is 2.13. The highest BCUT2D eigenvalue weighted by Gasteiger charge is 2.18. The van der Waals surface area contributed by atoms with Crippen LogP contribution in [0.2, 0.25) is 0 Å². The molecule has 0 saturated carbocycles. The summed E-state index contributed by atoms with van der Waals surface area (Å²) in [7, 11) is 1.88. The molecule has 1 aromatic heterocycles. The van der Waals surface area contributed by atoms with Gasteiger partial charge in [-0.2, -0.15) is 5.10 Å². The van der Waals surface area contributed by atoms with E-state index >= 15 is 0 Å². The van der Waals surface area contributed by atoms with E-state index in [1.54, 1.807) is 4.68 Å². The minimum Gasteiger partial charge on any atom is -0.325 e. The molecule has 2 amide bonds. The monoisotopic (exact) mass is 278 g/mol. The summed E-state index contributed by atoms with van der Waals surface area (Å²) < 4.78 is 1.77. The Morgan fingerprint density at radius 3 is 2.35 bits per heavy atom. The van der Waals surface area contributed by atoms with E-state index in [9.17, 15) is 4.79 Å². The van der Waals surface area contributed by atoms with Gasteiger partial charge < -0.3 is 4.90 Å². The van der Waals surface area contributed by atoms with Crippen LogP contribution < -0.4 is 5.32 Å². The van der Waals surface area contributed by atoms with E-state index < -0.39 is 0 Å². The topological polar surface area (TPSA) is 50.2 Å². The second kappa shape index (κ2) is 6.77. The zero-order valence-corrected chi connectivity index (χ0v) is 12.9. The molecule has 5 nitrogen and oxygen atoms in total. The molecule has 0 unspecified atom stereocenters. The van der Waals surface area contributed by atoms with Crippen LogP contribution >= 0.6 is 0 Å². The van der Waals surface area contributed by atoms with Crippen LogP contribution in [0.25, 0.3) is 0 Å². The highest BCUT2D eigenvalue weighted by atomic mass is 16.2. The minimum atomic E-state index is 0.0145. The number of anilines is 1. The lowest BCUT2D eigenvalue weighted by atomic mass is 10.1. The van der Waals surface area contributed by atoms with Gasteiger partial charge in [0.05, 0.1) is 5.69 Å². The van der Waals surface area contributed by atoms with Crippen molar-refractivity contribution in [3.8, 4) is 0 Å². The zero-order valence-electron chi connectivity index (χ0n) is 12.9. The van der Waals surface area contributed by atoms with Crippen molar-refractivity contribution in [1.82, 2.24) is 14.7 Å². The molecule has 20 heavy (non-hydrogen) atoms. The molecule has 0 aliphatic carbocycles. The number of amides is 2. The fourth-order valence-electron chi connectivity index (χ4n) is 2.83. The third kappa shape index (κ3) is 3.32. The molecular weight excluding hydrogens is 252 g/mol. The molecule has 0 spiro atoms. The van der Waals surface area contributed by atoms with Crippen LogP contribution in [-0.4, -0.2) is 33.8 Å². The largest absolute Gasteiger partial charge is 0.325 e. The predicted molar refractivity (Wildman–Crippen MR) is 81.0 cm³/mol. The lowest BCUT2D eigenvalue weighted by Crippen LogP contribution is -2.37. The van der Waals surface area contributed by atoms with E-state index in [4.69, 9.17) is 0 Å². The highest BCUT2D eigenvalue weighted by molar-refractivity contribution is 5.89. The van der Waals surface area contributed by atoms with Gasteiger partial charge in [-0.1, -0.05) is 26.2 Å². The fraction of sp³-hybridized carbons (Fsp3) is 0.733. The number of carbonyl (C=O) groups excluding carboxylic acids is 1. The molecule has 1 aliphatic rings. The molecular formula is C15H26N4O. The number of aromatic nitrogens is 2. The Morgan fingerprint density at radius 2 is 1.80 bits per heavy atom. The van der Waals surface area contributed by atoms with E-state index in [0.717, 1.165) is 49.4 Å². The van der Waals surface area contributed by atoms with Gasteiger partial charge in [0.1, 0.15) is 5.82 Å². The summed E-state index contributed by atoms with van der Waals surface area (Å²) in [6.07, 6.45) is 6.87. The van der Waals surface area contributed by atoms with Gasteiger partial charge in [-0.25, -0.2) is 4.79 Å². The number of aryl methyl sites for hydroxylation is 2. The van der Waals surface area contributed by atoms with E-state index in [0.29, 0.717) is 0 Å². The molecule has 1 fully saturated rings. The number of hydrogen-bond acceptors (Lipinski definition) is 2. The van der Waals surface area contributed by atoms with E-state index in [1.165, 1.54) is 19.3 Å². The Hall–Kier alpha value is -1.52. The van der Waals surface area contributed by atoms with Crippen LogP contribution in [-0.2, 0) is 13.5 Å². The van der Waals surface area contributed by atoms with Gasteiger partial charge in [-0.3, -0.25) is 10.00 Å². The summed E-state index contributed by atoms with van der Waals surface area (Å²) in [5.74, 6) is 0.828. The standard InChI is InChI=1S/C15H26N4O/c1-4-13-12(2)14(18(3)17-13)16-15(20)19-10-8-6-5-7-9-11-19/h4-11H2,1-3H3,(H,16,20). The summed E-state index contributed by atoms with van der Waals surface area (Å²) >= 11 is 0. The smallest absolute Gasteiger partial charge is 0.323 e. The molecule has 1 aromatic rings. The number of likely N-dealkylation sites (tertiary alicyclic amines) is 1. The lowest BCUT2D eigenvalue weighted by molar-refractivity contribution is 0.205. The lowest BCUT2D eigenvalue weighted by Gasteiger charge is -2.25. The number of rotatable bonds is 2. The maximum absolute atomic E-state index is 12.4. The third-order valence-corrected chi connectivity index (χ3v) is 4.09. The van der Waals surface area contributed by atoms with Gasteiger partial charge in [0.25, 0.3) is 0 Å². The summed E-state index contributed by atoms with van der Waals surface area (Å²) in [6, 6.07) is 0.0145. The van der Waals surface area contributed by atoms with Crippen molar-refractivity contribution in [2.24, 2.45) is 7.05 Å². The number of nitrogens with one attached hydrogen (secondary N) is 1. The van der Waals surface area contributed by atoms with Gasteiger partial charge in [0.15, 0.2) is 0 Å². The van der Waals surface area contributed by atoms with Crippen molar-refractivity contribution >= 4 is 11.8 Å². The van der Waals surface area contributed by atoms with Crippen LogP contribution in [0, 0.1) is 6.92 Å². The van der Waals surface area contributed by atoms with E-state index in [-0.39, 0.29) is 6.03 Å². The molecule has 0 radical (unpaired) electrons. The second-order valence-corrected chi connectivity index (χ2v) is 5.58. The van der Waals surface area contributed by atoms with Gasteiger partial charge >= 0.3 is 6.03 Å². The van der Waals surface area contributed by atoms with Crippen molar-refractivity contribution < 1.29 is 4.79 Å². The van der Waals surface area contributed by atoms with Gasteiger partial charge in [-0.15, -0.1) is 0 Å². The molecule has 5 heteroatoms. The molecule has 0 bridgehead atoms. The van der Waals surface area contributed by atoms with Crippen LogP contribution in [0.5, 0.6) is 0 Å². The molecule has 1 saturated heterocycles. The Kier molecular flexibility index (Phi) is 5.04. The van der Waals surface area contributed by atoms with Crippen LogP contribution in [0.1, 0.15) is 50.3 Å². The normalized spacial score (nSPS) is 16.6. The number of nitrogens with zero attached hydrogens (tertiary/aromatic N) is 3. The van der Waals surface area contributed by atoms with Crippen molar-refractivity contribution in [2.45, 2.75) is 52.4 Å². The van der Waals surface area contributed by atoms with Crippen LogP contribution in [0.3, 0.4) is 0 Å². The average molecular weight is 278 g/mol. The molecule has 2 heterocycles. The summed E-state index contributed by atoms with van der Waals surface area (Å²) in [5, 5.41) is 7.48. The van der Waals surface area contributed by atoms with Gasteiger partial charge in [0.2, 0.25) is 0 Å². The predicted octanol–water partition coefficient (Wildman–Crippen LogP) is 3.09. The fourth-order valence-corrected chi connectivity index (χ4v) is 2.83. The van der Waals surface area contributed by atoms with E-state index in [1.807, 2.05) is 18.9 Å². The molecule has 1 N–H and O–H groups in total. The Morgan fingerprint density at radius 1 is 1.20 bits per heavy atom. The van der Waals surface area contributed by atoms with E-state index in [2.05, 4.69) is 17.3 Å². The van der Waals surface area contributed by atoms with Crippen molar-refractivity contribution in [2.75, 3.05) is 18.4 Å². The number of urea groups is 1. The van der Waals surface area contributed by atoms with Gasteiger partial charge in [-0.05, 0) is 26.2 Å². The zero-order chi connectivity index (χ0) is 14.5. The first-order valence-electron chi connectivity index (χ1n) is 7.72. The van der Waals surface area contributed by atoms with Gasteiger partial charge in [0, 0.05) is 25.7 Å². The SMILES string of the molecule is CCc1nn(C)c(NC(=O)N2CCCCCCC2)c1C. The van der Waals surface area contributed by atoms with Crippen molar-refractivity contribution in [3.05, 3.63) is 11.3 Å². The quantitative estimate of drug-likeness (QED) is 0.903. The maximum Gasteiger partial charge on any atom is 0.323 e. The first-order valence-corrected chi connectivity index (χ1v) is 7.72. The first-order chi connectivity index (χ1) is 9.63. The minimum absolute atomic E-state index is 0.0145. The molecule has 0 aromatic carbocycles. The molecule has 2 rings (SSSR count). The Balaban J connectivity index is 2.04. The van der Waals surface area contributed by atoms with Crippen LogP contribution in [0.4, 0.5) is 10.6 Å². The summed E-state index contributed by atoms with van der Waals surface area (Å²) in [4.78, 5) is 14.3. The van der Waals surface area contributed by atoms with Crippen molar-refractivity contribution in [1.29, 1.82) is 0 Å².